The Morgan fingerprint density at radius 2 is 1.57 bits per heavy atom. The molecule has 0 spiro atoms. The summed E-state index contributed by atoms with van der Waals surface area (Å²) in [5, 5.41) is 5.42. The lowest BCUT2D eigenvalue weighted by molar-refractivity contribution is -0.152. The first-order chi connectivity index (χ1) is 13.4. The third-order valence-corrected chi connectivity index (χ3v) is 6.93. The summed E-state index contributed by atoms with van der Waals surface area (Å²) >= 11 is 3.32. The third-order valence-electron chi connectivity index (χ3n) is 6.41. The highest BCUT2D eigenvalue weighted by atomic mass is 79.9. The first-order valence-corrected chi connectivity index (χ1v) is 10.7. The van der Waals surface area contributed by atoms with Crippen LogP contribution >= 0.6 is 15.9 Å². The summed E-state index contributed by atoms with van der Waals surface area (Å²) in [7, 11) is 0. The maximum absolute atomic E-state index is 12.8. The topological polar surface area (TPSA) is 84.5 Å². The van der Waals surface area contributed by atoms with E-state index in [4.69, 9.17) is 4.74 Å². The molecule has 0 aromatic heterocycles. The fourth-order valence-electron chi connectivity index (χ4n) is 5.66. The molecule has 0 radical (unpaired) electrons. The van der Waals surface area contributed by atoms with Gasteiger partial charge in [-0.3, -0.25) is 14.4 Å². The van der Waals surface area contributed by atoms with E-state index in [2.05, 4.69) is 26.6 Å². The van der Waals surface area contributed by atoms with Crippen molar-refractivity contribution in [3.8, 4) is 0 Å². The van der Waals surface area contributed by atoms with Crippen molar-refractivity contribution in [2.45, 2.75) is 38.5 Å². The summed E-state index contributed by atoms with van der Waals surface area (Å²) in [6.45, 7) is -0.561. The molecular formula is C21H25BrN2O4. The Kier molecular flexibility index (Phi) is 5.45. The van der Waals surface area contributed by atoms with E-state index in [1.54, 1.807) is 12.1 Å². The normalized spacial score (nSPS) is 30.0. The van der Waals surface area contributed by atoms with Crippen molar-refractivity contribution in [3.05, 3.63) is 28.7 Å². The summed E-state index contributed by atoms with van der Waals surface area (Å²) in [5.74, 6) is 0.999. The van der Waals surface area contributed by atoms with Crippen LogP contribution in [0.25, 0.3) is 0 Å². The number of hydrogen-bond acceptors (Lipinski definition) is 4. The zero-order chi connectivity index (χ0) is 19.7. The van der Waals surface area contributed by atoms with Crippen LogP contribution in [0.1, 0.15) is 38.5 Å². The predicted octanol–water partition coefficient (Wildman–Crippen LogP) is 3.26. The van der Waals surface area contributed by atoms with Crippen molar-refractivity contribution in [1.82, 2.24) is 5.32 Å². The maximum atomic E-state index is 12.8. The minimum Gasteiger partial charge on any atom is -0.454 e. The summed E-state index contributed by atoms with van der Waals surface area (Å²) in [5.41, 5.74) is 0.341. The Morgan fingerprint density at radius 1 is 1.00 bits per heavy atom. The van der Waals surface area contributed by atoms with Crippen LogP contribution in [-0.2, 0) is 19.1 Å². The number of carbonyl (C=O) groups excluding carboxylic acids is 3. The molecule has 2 N–H and O–H groups in total. The SMILES string of the molecule is O=C(COC(=O)CNC(=O)C12CC3CC(CC(C3)C1)C2)Nc1ccc(Br)cc1. The van der Waals surface area contributed by atoms with Gasteiger partial charge in [-0.15, -0.1) is 0 Å². The van der Waals surface area contributed by atoms with Crippen LogP contribution in [0.15, 0.2) is 28.7 Å². The molecule has 0 saturated heterocycles. The van der Waals surface area contributed by atoms with Gasteiger partial charge in [0.1, 0.15) is 6.54 Å². The van der Waals surface area contributed by atoms with Crippen molar-refractivity contribution in [2.75, 3.05) is 18.5 Å². The lowest BCUT2D eigenvalue weighted by Crippen LogP contribution is -2.54. The fourth-order valence-corrected chi connectivity index (χ4v) is 5.92. The Balaban J connectivity index is 1.21. The zero-order valence-electron chi connectivity index (χ0n) is 15.7. The van der Waals surface area contributed by atoms with Gasteiger partial charge in [0.25, 0.3) is 5.91 Å². The van der Waals surface area contributed by atoms with E-state index in [0.717, 1.165) is 23.7 Å². The van der Waals surface area contributed by atoms with Crippen molar-refractivity contribution in [2.24, 2.45) is 23.2 Å². The second kappa shape index (κ2) is 7.85. The highest BCUT2D eigenvalue weighted by Gasteiger charge is 2.54. The van der Waals surface area contributed by atoms with Gasteiger partial charge in [0, 0.05) is 15.6 Å². The molecule has 0 unspecified atom stereocenters. The van der Waals surface area contributed by atoms with Gasteiger partial charge in [0.15, 0.2) is 6.61 Å². The van der Waals surface area contributed by atoms with E-state index >= 15 is 0 Å². The fraction of sp³-hybridized carbons (Fsp3) is 0.571. The molecule has 1 aromatic carbocycles. The number of rotatable bonds is 6. The molecule has 4 aliphatic rings. The number of hydrogen-bond donors (Lipinski definition) is 2. The van der Waals surface area contributed by atoms with E-state index in [0.29, 0.717) is 23.4 Å². The monoisotopic (exact) mass is 448 g/mol. The van der Waals surface area contributed by atoms with Gasteiger partial charge in [0.05, 0.1) is 0 Å². The van der Waals surface area contributed by atoms with Gasteiger partial charge in [-0.2, -0.15) is 0 Å². The molecule has 1 aromatic rings. The molecule has 28 heavy (non-hydrogen) atoms. The quantitative estimate of drug-likeness (QED) is 0.653. The van der Waals surface area contributed by atoms with Gasteiger partial charge in [-0.25, -0.2) is 0 Å². The standard InChI is InChI=1S/C21H25BrN2O4/c22-16-1-3-17(4-2-16)24-18(25)12-28-19(26)11-23-20(27)21-8-13-5-14(9-21)7-15(6-13)10-21/h1-4,13-15H,5-12H2,(H,23,27)(H,24,25). The van der Waals surface area contributed by atoms with Gasteiger partial charge in [0.2, 0.25) is 5.91 Å². The Morgan fingerprint density at radius 3 is 2.14 bits per heavy atom. The molecule has 6 nitrogen and oxygen atoms in total. The van der Waals surface area contributed by atoms with Crippen molar-refractivity contribution in [3.63, 3.8) is 0 Å². The van der Waals surface area contributed by atoms with E-state index < -0.39 is 11.9 Å². The van der Waals surface area contributed by atoms with E-state index in [1.165, 1.54) is 19.3 Å². The van der Waals surface area contributed by atoms with E-state index in [1.807, 2.05) is 12.1 Å². The Hall–Kier alpha value is -1.89. The number of carbonyl (C=O) groups is 3. The zero-order valence-corrected chi connectivity index (χ0v) is 17.3. The molecule has 0 atom stereocenters. The van der Waals surface area contributed by atoms with Crippen LogP contribution in [-0.4, -0.2) is 30.9 Å². The highest BCUT2D eigenvalue weighted by Crippen LogP contribution is 2.60. The van der Waals surface area contributed by atoms with Crippen LogP contribution in [0.4, 0.5) is 5.69 Å². The van der Waals surface area contributed by atoms with E-state index in [9.17, 15) is 14.4 Å². The summed E-state index contributed by atoms with van der Waals surface area (Å²) < 4.78 is 5.90. The number of esters is 1. The van der Waals surface area contributed by atoms with Crippen molar-refractivity contribution < 1.29 is 19.1 Å². The molecule has 0 aliphatic heterocycles. The van der Waals surface area contributed by atoms with Crippen LogP contribution in [0.3, 0.4) is 0 Å². The number of halogens is 1. The second-order valence-electron chi connectivity index (χ2n) is 8.60. The number of anilines is 1. The molecule has 7 heteroatoms. The molecule has 4 aliphatic carbocycles. The first-order valence-electron chi connectivity index (χ1n) is 9.91. The number of ether oxygens (including phenoxy) is 1. The minimum absolute atomic E-state index is 0.0112. The number of nitrogens with one attached hydrogen (secondary N) is 2. The van der Waals surface area contributed by atoms with Crippen LogP contribution in [0.2, 0.25) is 0 Å². The molecule has 5 rings (SSSR count). The van der Waals surface area contributed by atoms with Crippen molar-refractivity contribution >= 4 is 39.4 Å². The number of benzene rings is 1. The van der Waals surface area contributed by atoms with Crippen molar-refractivity contribution in [1.29, 1.82) is 0 Å². The third kappa shape index (κ3) is 4.24. The largest absolute Gasteiger partial charge is 0.454 e. The average Bonchev–Trinajstić information content (AvgIpc) is 2.65. The smallest absolute Gasteiger partial charge is 0.325 e. The van der Waals surface area contributed by atoms with Gasteiger partial charge in [-0.1, -0.05) is 15.9 Å². The molecule has 4 bridgehead atoms. The van der Waals surface area contributed by atoms with Gasteiger partial charge in [-0.05, 0) is 80.5 Å². The molecule has 150 valence electrons. The summed E-state index contributed by atoms with van der Waals surface area (Å²) in [6, 6.07) is 7.11. The summed E-state index contributed by atoms with van der Waals surface area (Å²) in [4.78, 5) is 36.6. The first kappa shape index (κ1) is 19.4. The minimum atomic E-state index is -0.593. The maximum Gasteiger partial charge on any atom is 0.325 e. The lowest BCUT2D eigenvalue weighted by atomic mass is 9.49. The van der Waals surface area contributed by atoms with Crippen LogP contribution in [0.5, 0.6) is 0 Å². The van der Waals surface area contributed by atoms with Gasteiger partial charge >= 0.3 is 5.97 Å². The Bertz CT molecular complexity index is 742. The van der Waals surface area contributed by atoms with E-state index in [-0.39, 0.29) is 24.5 Å². The molecule has 2 amide bonds. The highest BCUT2D eigenvalue weighted by molar-refractivity contribution is 9.10. The van der Waals surface area contributed by atoms with Crippen LogP contribution in [0, 0.1) is 23.2 Å². The predicted molar refractivity (Wildman–Crippen MR) is 107 cm³/mol. The molecule has 4 saturated carbocycles. The molecule has 0 heterocycles. The summed E-state index contributed by atoms with van der Waals surface area (Å²) in [6.07, 6.45) is 6.66. The average molecular weight is 449 g/mol. The number of amides is 2. The van der Waals surface area contributed by atoms with Crippen LogP contribution < -0.4 is 10.6 Å². The van der Waals surface area contributed by atoms with Gasteiger partial charge < -0.3 is 15.4 Å². The Labute approximate surface area is 172 Å². The molecule has 4 fully saturated rings. The molecular weight excluding hydrogens is 424 g/mol. The second-order valence-corrected chi connectivity index (χ2v) is 9.51. The lowest BCUT2D eigenvalue weighted by Gasteiger charge is -2.55.